The highest BCUT2D eigenvalue weighted by molar-refractivity contribution is 6.45. The average Bonchev–Trinajstić information content (AvgIpc) is 3.00. The molecule has 0 spiro atoms. The van der Waals surface area contributed by atoms with E-state index >= 15 is 0 Å². The number of carbonyl (C=O) groups excluding carboxylic acids is 2. The van der Waals surface area contributed by atoms with Crippen molar-refractivity contribution in [1.29, 1.82) is 0 Å². The molecule has 4 rings (SSSR count). The minimum absolute atomic E-state index is 0.235. The minimum Gasteiger partial charge on any atom is -0.494 e. The second-order valence-corrected chi connectivity index (χ2v) is 7.96. The van der Waals surface area contributed by atoms with Gasteiger partial charge in [0.2, 0.25) is 0 Å². The van der Waals surface area contributed by atoms with Gasteiger partial charge in [0.15, 0.2) is 0 Å². The molecule has 2 aromatic carbocycles. The molecule has 0 N–H and O–H groups in total. The zero-order valence-corrected chi connectivity index (χ0v) is 17.9. The third-order valence-electron chi connectivity index (χ3n) is 5.79. The first-order chi connectivity index (χ1) is 14.5. The lowest BCUT2D eigenvalue weighted by Crippen LogP contribution is -2.37. The van der Waals surface area contributed by atoms with Gasteiger partial charge >= 0.3 is 0 Å². The standard InChI is InChI=1S/C25H28N2O3/c1-4-30-20-11-9-19(10-12-20)27-24(28)22(21-13-8-17(2)16-18(21)3)23(25(27)29)26-14-6-5-7-15-26/h8-13,16H,4-7,14-15H2,1-3H3. The van der Waals surface area contributed by atoms with Gasteiger partial charge in [-0.2, -0.15) is 0 Å². The van der Waals surface area contributed by atoms with Crippen molar-refractivity contribution >= 4 is 23.1 Å². The molecule has 5 heteroatoms. The van der Waals surface area contributed by atoms with Gasteiger partial charge < -0.3 is 9.64 Å². The summed E-state index contributed by atoms with van der Waals surface area (Å²) in [6.45, 7) is 8.13. The fourth-order valence-electron chi connectivity index (χ4n) is 4.36. The van der Waals surface area contributed by atoms with E-state index in [9.17, 15) is 9.59 Å². The Morgan fingerprint density at radius 2 is 1.60 bits per heavy atom. The molecule has 30 heavy (non-hydrogen) atoms. The molecule has 156 valence electrons. The van der Waals surface area contributed by atoms with Crippen LogP contribution >= 0.6 is 0 Å². The summed E-state index contributed by atoms with van der Waals surface area (Å²) in [5.74, 6) is 0.233. The topological polar surface area (TPSA) is 49.9 Å². The van der Waals surface area contributed by atoms with Crippen LogP contribution in [0.5, 0.6) is 5.75 Å². The Morgan fingerprint density at radius 1 is 0.900 bits per heavy atom. The summed E-state index contributed by atoms with van der Waals surface area (Å²) in [6, 6.07) is 13.2. The lowest BCUT2D eigenvalue weighted by atomic mass is 9.97. The quantitative estimate of drug-likeness (QED) is 0.690. The molecule has 1 fully saturated rings. The predicted octanol–water partition coefficient (Wildman–Crippen LogP) is 4.47. The van der Waals surface area contributed by atoms with Crippen molar-refractivity contribution in [2.24, 2.45) is 0 Å². The maximum absolute atomic E-state index is 13.6. The summed E-state index contributed by atoms with van der Waals surface area (Å²) >= 11 is 0. The molecule has 2 amide bonds. The normalized spacial score (nSPS) is 17.2. The molecule has 0 atom stereocenters. The van der Waals surface area contributed by atoms with E-state index < -0.39 is 0 Å². The van der Waals surface area contributed by atoms with Crippen LogP contribution < -0.4 is 9.64 Å². The number of rotatable bonds is 5. The summed E-state index contributed by atoms with van der Waals surface area (Å²) in [4.78, 5) is 30.6. The highest BCUT2D eigenvalue weighted by Gasteiger charge is 2.43. The van der Waals surface area contributed by atoms with E-state index in [0.717, 1.165) is 54.8 Å². The molecule has 0 unspecified atom stereocenters. The third-order valence-corrected chi connectivity index (χ3v) is 5.79. The van der Waals surface area contributed by atoms with Gasteiger partial charge in [0.25, 0.3) is 11.8 Å². The van der Waals surface area contributed by atoms with Crippen LogP contribution in [0.15, 0.2) is 48.2 Å². The SMILES string of the molecule is CCOc1ccc(N2C(=O)C(c3ccc(C)cc3C)=C(N3CCCCC3)C2=O)cc1. The van der Waals surface area contributed by atoms with Gasteiger partial charge in [-0.05, 0) is 75.4 Å². The number of carbonyl (C=O) groups is 2. The van der Waals surface area contributed by atoms with Crippen molar-refractivity contribution in [3.63, 3.8) is 0 Å². The predicted molar refractivity (Wildman–Crippen MR) is 118 cm³/mol. The van der Waals surface area contributed by atoms with Crippen molar-refractivity contribution < 1.29 is 14.3 Å². The summed E-state index contributed by atoms with van der Waals surface area (Å²) in [5, 5.41) is 0. The Hall–Kier alpha value is -3.08. The maximum Gasteiger partial charge on any atom is 0.282 e. The van der Waals surface area contributed by atoms with Gasteiger partial charge in [-0.15, -0.1) is 0 Å². The molecular weight excluding hydrogens is 376 g/mol. The molecule has 2 heterocycles. The average molecular weight is 405 g/mol. The largest absolute Gasteiger partial charge is 0.494 e. The number of anilines is 1. The van der Waals surface area contributed by atoms with Crippen molar-refractivity contribution in [3.05, 3.63) is 64.9 Å². The number of benzene rings is 2. The first kappa shape index (κ1) is 20.2. The zero-order chi connectivity index (χ0) is 21.3. The molecule has 0 aliphatic carbocycles. The number of hydrogen-bond acceptors (Lipinski definition) is 4. The second kappa shape index (κ2) is 8.34. The van der Waals surface area contributed by atoms with Gasteiger partial charge in [-0.1, -0.05) is 23.8 Å². The number of hydrogen-bond donors (Lipinski definition) is 0. The van der Waals surface area contributed by atoms with Crippen molar-refractivity contribution in [2.75, 3.05) is 24.6 Å². The number of likely N-dealkylation sites (tertiary alicyclic amines) is 1. The summed E-state index contributed by atoms with van der Waals surface area (Å²) in [6.07, 6.45) is 3.23. The highest BCUT2D eigenvalue weighted by atomic mass is 16.5. The number of ether oxygens (including phenoxy) is 1. The number of nitrogens with zero attached hydrogens (tertiary/aromatic N) is 2. The molecule has 0 aromatic heterocycles. The smallest absolute Gasteiger partial charge is 0.282 e. The molecular formula is C25H28N2O3. The van der Waals surface area contributed by atoms with Crippen LogP contribution in [-0.4, -0.2) is 36.4 Å². The van der Waals surface area contributed by atoms with E-state index in [-0.39, 0.29) is 11.8 Å². The highest BCUT2D eigenvalue weighted by Crippen LogP contribution is 2.37. The molecule has 2 aromatic rings. The molecule has 0 radical (unpaired) electrons. The van der Waals surface area contributed by atoms with Crippen LogP contribution in [0.2, 0.25) is 0 Å². The van der Waals surface area contributed by atoms with Crippen molar-refractivity contribution in [2.45, 2.75) is 40.0 Å². The van der Waals surface area contributed by atoms with E-state index in [1.54, 1.807) is 24.3 Å². The van der Waals surface area contributed by atoms with Crippen LogP contribution in [0.25, 0.3) is 5.57 Å². The Labute approximate surface area is 177 Å². The van der Waals surface area contributed by atoms with Gasteiger partial charge in [-0.3, -0.25) is 9.59 Å². The fraction of sp³-hybridized carbons (Fsp3) is 0.360. The molecule has 1 saturated heterocycles. The van der Waals surface area contributed by atoms with Gasteiger partial charge in [0, 0.05) is 13.1 Å². The lowest BCUT2D eigenvalue weighted by Gasteiger charge is -2.29. The zero-order valence-electron chi connectivity index (χ0n) is 17.9. The van der Waals surface area contributed by atoms with Crippen LogP contribution in [0.1, 0.15) is 42.9 Å². The number of amides is 2. The molecule has 2 aliphatic heterocycles. The Kier molecular flexibility index (Phi) is 5.62. The van der Waals surface area contributed by atoms with E-state index in [0.29, 0.717) is 23.6 Å². The van der Waals surface area contributed by atoms with Gasteiger partial charge in [-0.25, -0.2) is 4.90 Å². The number of aryl methyl sites for hydroxylation is 2. The minimum atomic E-state index is -0.253. The molecule has 0 saturated carbocycles. The second-order valence-electron chi connectivity index (χ2n) is 7.96. The third kappa shape index (κ3) is 3.60. The van der Waals surface area contributed by atoms with Crippen LogP contribution in [-0.2, 0) is 9.59 Å². The summed E-state index contributed by atoms with van der Waals surface area (Å²) in [5.41, 5.74) is 4.62. The monoisotopic (exact) mass is 404 g/mol. The first-order valence-electron chi connectivity index (χ1n) is 10.7. The lowest BCUT2D eigenvalue weighted by molar-refractivity contribution is -0.120. The number of piperidine rings is 1. The Balaban J connectivity index is 1.79. The van der Waals surface area contributed by atoms with Crippen LogP contribution in [0.3, 0.4) is 0 Å². The van der Waals surface area contributed by atoms with E-state index in [1.807, 2.05) is 32.9 Å². The van der Waals surface area contributed by atoms with Gasteiger partial charge in [0.1, 0.15) is 11.4 Å². The fourth-order valence-corrected chi connectivity index (χ4v) is 4.36. The van der Waals surface area contributed by atoms with E-state index in [1.165, 1.54) is 4.90 Å². The van der Waals surface area contributed by atoms with E-state index in [2.05, 4.69) is 11.0 Å². The van der Waals surface area contributed by atoms with Crippen LogP contribution in [0.4, 0.5) is 5.69 Å². The summed E-state index contributed by atoms with van der Waals surface area (Å²) < 4.78 is 5.50. The number of imide groups is 1. The van der Waals surface area contributed by atoms with Crippen molar-refractivity contribution in [3.8, 4) is 5.75 Å². The first-order valence-corrected chi connectivity index (χ1v) is 10.7. The Morgan fingerprint density at radius 3 is 2.23 bits per heavy atom. The molecule has 2 aliphatic rings. The van der Waals surface area contributed by atoms with Gasteiger partial charge in [0.05, 0.1) is 17.9 Å². The molecule has 0 bridgehead atoms. The van der Waals surface area contributed by atoms with E-state index in [4.69, 9.17) is 4.74 Å². The maximum atomic E-state index is 13.6. The Bertz CT molecular complexity index is 1000. The molecule has 5 nitrogen and oxygen atoms in total. The summed E-state index contributed by atoms with van der Waals surface area (Å²) in [7, 11) is 0. The van der Waals surface area contributed by atoms with Crippen molar-refractivity contribution in [1.82, 2.24) is 4.90 Å². The van der Waals surface area contributed by atoms with Crippen LogP contribution in [0, 0.1) is 13.8 Å².